The highest BCUT2D eigenvalue weighted by Crippen LogP contribution is 2.08. The van der Waals surface area contributed by atoms with Gasteiger partial charge in [-0.2, -0.15) is 0 Å². The lowest BCUT2D eigenvalue weighted by Gasteiger charge is -2.14. The van der Waals surface area contributed by atoms with Crippen molar-refractivity contribution in [2.45, 2.75) is 51.6 Å². The van der Waals surface area contributed by atoms with E-state index in [-0.39, 0.29) is 19.3 Å². The molecule has 0 rings (SSSR count). The molecule has 0 aromatic rings. The topological polar surface area (TPSA) is 49.7 Å². The van der Waals surface area contributed by atoms with Crippen LogP contribution >= 0.6 is 0 Å². The molecule has 0 heterocycles. The second-order valence-electron chi connectivity index (χ2n) is 3.60. The van der Waals surface area contributed by atoms with Gasteiger partial charge >= 0.3 is 0 Å². The maximum atomic E-state index is 8.95. The van der Waals surface area contributed by atoms with E-state index in [2.05, 4.69) is 6.92 Å². The van der Waals surface area contributed by atoms with Gasteiger partial charge in [-0.05, 0) is 6.42 Å². The molecule has 1 atom stereocenters. The zero-order valence-corrected chi connectivity index (χ0v) is 9.24. The van der Waals surface area contributed by atoms with E-state index in [1.165, 1.54) is 25.7 Å². The number of ether oxygens (including phenoxy) is 1. The first-order valence-electron chi connectivity index (χ1n) is 5.68. The van der Waals surface area contributed by atoms with Gasteiger partial charge in [-0.15, -0.1) is 0 Å². The highest BCUT2D eigenvalue weighted by molar-refractivity contribution is 4.56. The summed E-state index contributed by atoms with van der Waals surface area (Å²) >= 11 is 0. The minimum Gasteiger partial charge on any atom is -0.394 e. The van der Waals surface area contributed by atoms with Crippen LogP contribution in [-0.4, -0.2) is 36.1 Å². The van der Waals surface area contributed by atoms with Crippen LogP contribution in [0.2, 0.25) is 0 Å². The van der Waals surface area contributed by atoms with Gasteiger partial charge in [0.1, 0.15) is 0 Å². The summed E-state index contributed by atoms with van der Waals surface area (Å²) in [6, 6.07) is 0. The molecule has 0 aliphatic carbocycles. The van der Waals surface area contributed by atoms with Gasteiger partial charge in [0.15, 0.2) is 0 Å². The van der Waals surface area contributed by atoms with Crippen molar-refractivity contribution in [1.82, 2.24) is 0 Å². The lowest BCUT2D eigenvalue weighted by molar-refractivity contribution is -0.00870. The van der Waals surface area contributed by atoms with Crippen molar-refractivity contribution in [3.8, 4) is 0 Å². The Morgan fingerprint density at radius 2 is 1.79 bits per heavy atom. The van der Waals surface area contributed by atoms with Crippen molar-refractivity contribution in [3.05, 3.63) is 0 Å². The Morgan fingerprint density at radius 3 is 2.36 bits per heavy atom. The molecule has 0 amide bonds. The summed E-state index contributed by atoms with van der Waals surface area (Å²) in [5.41, 5.74) is 0. The Morgan fingerprint density at radius 1 is 1.07 bits per heavy atom. The minimum absolute atomic E-state index is 0.0341. The summed E-state index contributed by atoms with van der Waals surface area (Å²) in [7, 11) is 0. The van der Waals surface area contributed by atoms with Crippen molar-refractivity contribution < 1.29 is 14.9 Å². The van der Waals surface area contributed by atoms with Crippen LogP contribution in [0.15, 0.2) is 0 Å². The van der Waals surface area contributed by atoms with E-state index in [9.17, 15) is 0 Å². The molecular formula is C11H24O3. The molecule has 0 aliphatic rings. The predicted molar refractivity (Wildman–Crippen MR) is 57.3 cm³/mol. The Labute approximate surface area is 87.1 Å². The summed E-state index contributed by atoms with van der Waals surface area (Å²) in [6.45, 7) is 2.63. The van der Waals surface area contributed by atoms with Crippen molar-refractivity contribution in [2.24, 2.45) is 0 Å². The third kappa shape index (κ3) is 8.48. The molecule has 3 heteroatoms. The standard InChI is InChI=1S/C11H24O3/c1-2-3-4-5-6-7-11(10-13)14-9-8-12/h11-13H,2-10H2,1H3. The van der Waals surface area contributed by atoms with Gasteiger partial charge in [0.25, 0.3) is 0 Å². The van der Waals surface area contributed by atoms with Gasteiger partial charge < -0.3 is 14.9 Å². The number of aliphatic hydroxyl groups is 2. The van der Waals surface area contributed by atoms with E-state index >= 15 is 0 Å². The van der Waals surface area contributed by atoms with Gasteiger partial charge in [-0.1, -0.05) is 39.0 Å². The Kier molecular flexibility index (Phi) is 10.9. The average molecular weight is 204 g/mol. The van der Waals surface area contributed by atoms with Crippen LogP contribution in [-0.2, 0) is 4.74 Å². The van der Waals surface area contributed by atoms with E-state index in [0.717, 1.165) is 12.8 Å². The first-order valence-corrected chi connectivity index (χ1v) is 5.68. The summed E-state index contributed by atoms with van der Waals surface area (Å²) in [5, 5.41) is 17.5. The fourth-order valence-corrected chi connectivity index (χ4v) is 1.42. The van der Waals surface area contributed by atoms with Crippen LogP contribution in [0.3, 0.4) is 0 Å². The predicted octanol–water partition coefficient (Wildman–Crippen LogP) is 1.72. The van der Waals surface area contributed by atoms with Crippen molar-refractivity contribution >= 4 is 0 Å². The van der Waals surface area contributed by atoms with E-state index < -0.39 is 0 Å². The van der Waals surface area contributed by atoms with Gasteiger partial charge in [0, 0.05) is 0 Å². The molecule has 0 aromatic heterocycles. The Hall–Kier alpha value is -0.120. The highest BCUT2D eigenvalue weighted by atomic mass is 16.5. The largest absolute Gasteiger partial charge is 0.394 e. The van der Waals surface area contributed by atoms with Crippen LogP contribution in [0.1, 0.15) is 45.4 Å². The number of hydrogen-bond donors (Lipinski definition) is 2. The molecular weight excluding hydrogens is 180 g/mol. The summed E-state index contributed by atoms with van der Waals surface area (Å²) in [5.74, 6) is 0. The van der Waals surface area contributed by atoms with Crippen molar-refractivity contribution in [2.75, 3.05) is 19.8 Å². The quantitative estimate of drug-likeness (QED) is 0.533. The zero-order chi connectivity index (χ0) is 10.6. The van der Waals surface area contributed by atoms with Crippen LogP contribution in [0.4, 0.5) is 0 Å². The second-order valence-corrected chi connectivity index (χ2v) is 3.60. The van der Waals surface area contributed by atoms with Crippen LogP contribution in [0, 0.1) is 0 Å². The molecule has 0 bridgehead atoms. The molecule has 3 nitrogen and oxygen atoms in total. The van der Waals surface area contributed by atoms with Gasteiger partial charge in [0.05, 0.1) is 25.9 Å². The zero-order valence-electron chi connectivity index (χ0n) is 9.24. The molecule has 86 valence electrons. The smallest absolute Gasteiger partial charge is 0.0806 e. The third-order valence-electron chi connectivity index (χ3n) is 2.28. The third-order valence-corrected chi connectivity index (χ3v) is 2.28. The van der Waals surface area contributed by atoms with E-state index in [0.29, 0.717) is 6.61 Å². The second kappa shape index (κ2) is 11.0. The van der Waals surface area contributed by atoms with Crippen molar-refractivity contribution in [3.63, 3.8) is 0 Å². The van der Waals surface area contributed by atoms with E-state index in [1.54, 1.807) is 0 Å². The SMILES string of the molecule is CCCCCCCC(CO)OCCO. The molecule has 0 spiro atoms. The lowest BCUT2D eigenvalue weighted by Crippen LogP contribution is -2.19. The average Bonchev–Trinajstić information content (AvgIpc) is 2.22. The molecule has 0 radical (unpaired) electrons. The first kappa shape index (κ1) is 13.9. The molecule has 0 aliphatic heterocycles. The maximum Gasteiger partial charge on any atom is 0.0806 e. The Balaban J connectivity index is 3.24. The number of hydrogen-bond acceptors (Lipinski definition) is 3. The van der Waals surface area contributed by atoms with E-state index in [1.807, 2.05) is 0 Å². The fourth-order valence-electron chi connectivity index (χ4n) is 1.42. The maximum absolute atomic E-state index is 8.95. The van der Waals surface area contributed by atoms with E-state index in [4.69, 9.17) is 14.9 Å². The summed E-state index contributed by atoms with van der Waals surface area (Å²) in [4.78, 5) is 0. The number of aliphatic hydroxyl groups excluding tert-OH is 2. The van der Waals surface area contributed by atoms with Gasteiger partial charge in [-0.3, -0.25) is 0 Å². The monoisotopic (exact) mass is 204 g/mol. The molecule has 1 unspecified atom stereocenters. The lowest BCUT2D eigenvalue weighted by atomic mass is 10.1. The number of unbranched alkanes of at least 4 members (excludes halogenated alkanes) is 4. The highest BCUT2D eigenvalue weighted by Gasteiger charge is 2.06. The molecule has 0 aromatic carbocycles. The summed E-state index contributed by atoms with van der Waals surface area (Å²) < 4.78 is 5.25. The normalized spacial score (nSPS) is 13.1. The summed E-state index contributed by atoms with van der Waals surface area (Å²) in [6.07, 6.45) is 6.97. The Bertz CT molecular complexity index is 107. The van der Waals surface area contributed by atoms with Crippen molar-refractivity contribution in [1.29, 1.82) is 0 Å². The number of rotatable bonds is 10. The van der Waals surface area contributed by atoms with Crippen LogP contribution in [0.5, 0.6) is 0 Å². The van der Waals surface area contributed by atoms with Crippen LogP contribution < -0.4 is 0 Å². The minimum atomic E-state index is -0.0798. The molecule has 0 saturated carbocycles. The molecule has 0 fully saturated rings. The molecule has 0 saturated heterocycles. The molecule has 14 heavy (non-hydrogen) atoms. The van der Waals surface area contributed by atoms with Gasteiger partial charge in [0.2, 0.25) is 0 Å². The fraction of sp³-hybridized carbons (Fsp3) is 1.00. The van der Waals surface area contributed by atoms with Crippen LogP contribution in [0.25, 0.3) is 0 Å². The van der Waals surface area contributed by atoms with Gasteiger partial charge in [-0.25, -0.2) is 0 Å². The first-order chi connectivity index (χ1) is 6.85. The molecule has 2 N–H and O–H groups in total.